The number of aromatic nitrogens is 3. The van der Waals surface area contributed by atoms with E-state index < -0.39 is 6.10 Å². The number of ether oxygens (including phenoxy) is 3. The average molecular weight is 507 g/mol. The second kappa shape index (κ2) is 10.9. The SMILES string of the molecule is CC(C)COc1c(C(=O)N[C@H]2CCOC[C@@H]2O)cc(Cc2ccc(-c3cn(C)nn3)cc2)c2c1CCO2. The Morgan fingerprint density at radius 2 is 2.08 bits per heavy atom. The number of aliphatic hydroxyl groups is 1. The van der Waals surface area contributed by atoms with Crippen LogP contribution in [0.3, 0.4) is 0 Å². The predicted octanol–water partition coefficient (Wildman–Crippen LogP) is 2.92. The van der Waals surface area contributed by atoms with Crippen molar-refractivity contribution >= 4 is 5.91 Å². The van der Waals surface area contributed by atoms with Crippen LogP contribution in [0.1, 0.15) is 47.3 Å². The van der Waals surface area contributed by atoms with Crippen molar-refractivity contribution in [2.24, 2.45) is 13.0 Å². The summed E-state index contributed by atoms with van der Waals surface area (Å²) in [6, 6.07) is 9.71. The number of carbonyl (C=O) groups excluding carboxylic acids is 1. The number of benzene rings is 2. The third-order valence-electron chi connectivity index (χ3n) is 6.70. The minimum Gasteiger partial charge on any atom is -0.493 e. The molecule has 2 N–H and O–H groups in total. The molecule has 1 saturated heterocycles. The molecule has 0 radical (unpaired) electrons. The number of nitrogens with zero attached hydrogens (tertiary/aromatic N) is 3. The maximum Gasteiger partial charge on any atom is 0.255 e. The molecule has 37 heavy (non-hydrogen) atoms. The number of hydrogen-bond acceptors (Lipinski definition) is 7. The number of nitrogens with one attached hydrogen (secondary N) is 1. The summed E-state index contributed by atoms with van der Waals surface area (Å²) >= 11 is 0. The zero-order valence-electron chi connectivity index (χ0n) is 21.6. The van der Waals surface area contributed by atoms with Crippen molar-refractivity contribution in [1.29, 1.82) is 0 Å². The number of carbonyl (C=O) groups is 1. The minimum atomic E-state index is -0.734. The van der Waals surface area contributed by atoms with Crippen molar-refractivity contribution in [3.05, 3.63) is 58.8 Å². The topological polar surface area (TPSA) is 108 Å². The molecule has 9 heteroatoms. The Morgan fingerprint density at radius 3 is 2.78 bits per heavy atom. The molecule has 0 bridgehead atoms. The highest BCUT2D eigenvalue weighted by atomic mass is 16.5. The first kappa shape index (κ1) is 25.2. The molecule has 196 valence electrons. The Morgan fingerprint density at radius 1 is 1.27 bits per heavy atom. The lowest BCUT2D eigenvalue weighted by Crippen LogP contribution is -2.48. The highest BCUT2D eigenvalue weighted by molar-refractivity contribution is 5.98. The number of aliphatic hydroxyl groups excluding tert-OH is 1. The van der Waals surface area contributed by atoms with E-state index in [1.165, 1.54) is 0 Å². The van der Waals surface area contributed by atoms with Crippen LogP contribution < -0.4 is 14.8 Å². The molecule has 0 spiro atoms. The maximum absolute atomic E-state index is 13.5. The molecule has 2 atom stereocenters. The van der Waals surface area contributed by atoms with Crippen LogP contribution in [0.25, 0.3) is 11.3 Å². The summed E-state index contributed by atoms with van der Waals surface area (Å²) in [5.74, 6) is 1.44. The molecule has 5 rings (SSSR count). The van der Waals surface area contributed by atoms with E-state index in [0.717, 1.165) is 33.7 Å². The summed E-state index contributed by atoms with van der Waals surface area (Å²) < 4.78 is 19.3. The predicted molar refractivity (Wildman–Crippen MR) is 138 cm³/mol. The number of aryl methyl sites for hydroxylation is 1. The Labute approximate surface area is 216 Å². The average Bonchev–Trinajstić information content (AvgIpc) is 3.54. The highest BCUT2D eigenvalue weighted by Gasteiger charge is 2.31. The fourth-order valence-corrected chi connectivity index (χ4v) is 4.77. The largest absolute Gasteiger partial charge is 0.493 e. The first-order chi connectivity index (χ1) is 17.9. The van der Waals surface area contributed by atoms with Crippen LogP contribution in [0.5, 0.6) is 11.5 Å². The molecular weight excluding hydrogens is 472 g/mol. The summed E-state index contributed by atoms with van der Waals surface area (Å²) in [5, 5.41) is 21.5. The van der Waals surface area contributed by atoms with E-state index in [4.69, 9.17) is 14.2 Å². The van der Waals surface area contributed by atoms with Crippen LogP contribution in [-0.4, -0.2) is 64.6 Å². The second-order valence-electron chi connectivity index (χ2n) is 10.2. The van der Waals surface area contributed by atoms with Crippen LogP contribution in [-0.2, 0) is 24.6 Å². The third kappa shape index (κ3) is 5.62. The molecular formula is C28H34N4O5. The van der Waals surface area contributed by atoms with E-state index in [2.05, 4.69) is 41.6 Å². The number of fused-ring (bicyclic) bond motifs is 1. The lowest BCUT2D eigenvalue weighted by molar-refractivity contribution is -0.0261. The molecule has 0 saturated carbocycles. The monoisotopic (exact) mass is 506 g/mol. The van der Waals surface area contributed by atoms with E-state index in [-0.39, 0.29) is 18.6 Å². The quantitative estimate of drug-likeness (QED) is 0.484. The number of rotatable bonds is 8. The second-order valence-corrected chi connectivity index (χ2v) is 10.2. The van der Waals surface area contributed by atoms with Gasteiger partial charge in [0.25, 0.3) is 5.91 Å². The van der Waals surface area contributed by atoms with Crippen LogP contribution in [0.4, 0.5) is 0 Å². The van der Waals surface area contributed by atoms with Gasteiger partial charge >= 0.3 is 0 Å². The summed E-state index contributed by atoms with van der Waals surface area (Å²) in [7, 11) is 1.84. The summed E-state index contributed by atoms with van der Waals surface area (Å²) in [4.78, 5) is 13.5. The molecule has 2 aliphatic rings. The Bertz CT molecular complexity index is 1250. The van der Waals surface area contributed by atoms with Crippen molar-refractivity contribution < 1.29 is 24.1 Å². The summed E-state index contributed by atoms with van der Waals surface area (Å²) in [6.45, 7) is 5.93. The zero-order valence-corrected chi connectivity index (χ0v) is 21.6. The van der Waals surface area contributed by atoms with Gasteiger partial charge in [-0.3, -0.25) is 9.48 Å². The fourth-order valence-electron chi connectivity index (χ4n) is 4.77. The molecule has 0 aliphatic carbocycles. The first-order valence-corrected chi connectivity index (χ1v) is 12.9. The van der Waals surface area contributed by atoms with Gasteiger partial charge in [-0.1, -0.05) is 43.3 Å². The van der Waals surface area contributed by atoms with Gasteiger partial charge in [-0.2, -0.15) is 0 Å². The molecule has 2 aromatic carbocycles. The molecule has 1 amide bonds. The van der Waals surface area contributed by atoms with Gasteiger partial charge in [0.05, 0.1) is 43.7 Å². The molecule has 3 aromatic rings. The Kier molecular flexibility index (Phi) is 7.43. The summed E-state index contributed by atoms with van der Waals surface area (Å²) in [6.07, 6.45) is 3.00. The molecule has 9 nitrogen and oxygen atoms in total. The van der Waals surface area contributed by atoms with E-state index in [1.807, 2.05) is 31.4 Å². The van der Waals surface area contributed by atoms with Gasteiger partial charge in [-0.25, -0.2) is 0 Å². The van der Waals surface area contributed by atoms with Gasteiger partial charge in [0.1, 0.15) is 17.2 Å². The lowest BCUT2D eigenvalue weighted by Gasteiger charge is -2.29. The number of hydrogen-bond donors (Lipinski definition) is 2. The fraction of sp³-hybridized carbons (Fsp3) is 0.464. The van der Waals surface area contributed by atoms with Crippen molar-refractivity contribution in [2.45, 2.75) is 45.3 Å². The third-order valence-corrected chi connectivity index (χ3v) is 6.70. The van der Waals surface area contributed by atoms with Gasteiger partial charge in [0, 0.05) is 37.6 Å². The van der Waals surface area contributed by atoms with Crippen molar-refractivity contribution in [3.63, 3.8) is 0 Å². The van der Waals surface area contributed by atoms with Gasteiger partial charge in [0.2, 0.25) is 0 Å². The van der Waals surface area contributed by atoms with Gasteiger partial charge in [-0.05, 0) is 29.5 Å². The van der Waals surface area contributed by atoms with Crippen LogP contribution in [0.2, 0.25) is 0 Å². The number of amides is 1. The normalized spacial score (nSPS) is 18.9. The molecule has 0 unspecified atom stereocenters. The van der Waals surface area contributed by atoms with Gasteiger partial charge in [0.15, 0.2) is 0 Å². The Balaban J connectivity index is 1.46. The van der Waals surface area contributed by atoms with Crippen LogP contribution in [0.15, 0.2) is 36.5 Å². The van der Waals surface area contributed by atoms with Crippen molar-refractivity contribution in [3.8, 4) is 22.8 Å². The van der Waals surface area contributed by atoms with Gasteiger partial charge < -0.3 is 24.6 Å². The molecule has 3 heterocycles. The van der Waals surface area contributed by atoms with Crippen molar-refractivity contribution in [2.75, 3.05) is 26.4 Å². The van der Waals surface area contributed by atoms with E-state index in [1.54, 1.807) is 4.68 Å². The van der Waals surface area contributed by atoms with E-state index in [0.29, 0.717) is 56.3 Å². The van der Waals surface area contributed by atoms with E-state index >= 15 is 0 Å². The first-order valence-electron chi connectivity index (χ1n) is 12.9. The minimum absolute atomic E-state index is 0.218. The van der Waals surface area contributed by atoms with Crippen molar-refractivity contribution in [1.82, 2.24) is 20.3 Å². The molecule has 2 aliphatic heterocycles. The molecule has 1 fully saturated rings. The van der Waals surface area contributed by atoms with Crippen LogP contribution >= 0.6 is 0 Å². The standard InChI is InChI=1S/C28H34N4O5/c1-17(2)15-37-27-21-8-11-36-26(21)20(13-22(27)28(34)29-23-9-10-35-16-25(23)33)12-18-4-6-19(7-5-18)24-14-32(3)31-30-24/h4-7,13-14,17,23,25,33H,8-12,15-16H2,1-3H3,(H,29,34)/t23-,25-/m0/s1. The Hall–Kier alpha value is -3.43. The van der Waals surface area contributed by atoms with Gasteiger partial charge in [-0.15, -0.1) is 5.10 Å². The smallest absolute Gasteiger partial charge is 0.255 e. The highest BCUT2D eigenvalue weighted by Crippen LogP contribution is 2.41. The van der Waals surface area contributed by atoms with E-state index in [9.17, 15) is 9.90 Å². The zero-order chi connectivity index (χ0) is 25.9. The summed E-state index contributed by atoms with van der Waals surface area (Å²) in [5.41, 5.74) is 5.26. The lowest BCUT2D eigenvalue weighted by atomic mass is 9.95. The maximum atomic E-state index is 13.5. The van der Waals surface area contributed by atoms with Crippen LogP contribution in [0, 0.1) is 5.92 Å². The molecule has 1 aromatic heterocycles.